The van der Waals surface area contributed by atoms with Gasteiger partial charge in [-0.15, -0.1) is 11.6 Å². The van der Waals surface area contributed by atoms with Gasteiger partial charge in [0, 0.05) is 15.9 Å². The van der Waals surface area contributed by atoms with Crippen LogP contribution in [0.5, 0.6) is 0 Å². The fraction of sp³-hybridized carbons (Fsp3) is 0.462. The molecule has 2 nitrogen and oxygen atoms in total. The molecular weight excluding hydrogens is 302 g/mol. The lowest BCUT2D eigenvalue weighted by Crippen LogP contribution is -2.37. The average Bonchev–Trinajstić information content (AvgIpc) is 2.32. The van der Waals surface area contributed by atoms with Crippen molar-refractivity contribution in [1.29, 1.82) is 0 Å². The highest BCUT2D eigenvalue weighted by Crippen LogP contribution is 2.23. The molecule has 0 atom stereocenters. The van der Waals surface area contributed by atoms with Crippen LogP contribution in [0.3, 0.4) is 0 Å². The van der Waals surface area contributed by atoms with E-state index in [-0.39, 0.29) is 17.3 Å². The molecule has 1 N–H and O–H groups in total. The van der Waals surface area contributed by atoms with Crippen molar-refractivity contribution >= 4 is 33.4 Å². The minimum absolute atomic E-state index is 0.00417. The predicted octanol–water partition coefficient (Wildman–Crippen LogP) is 3.73. The molecule has 0 aromatic heterocycles. The molecule has 17 heavy (non-hydrogen) atoms. The van der Waals surface area contributed by atoms with Crippen molar-refractivity contribution in [2.75, 3.05) is 0 Å². The van der Waals surface area contributed by atoms with Crippen LogP contribution in [0.2, 0.25) is 0 Å². The summed E-state index contributed by atoms with van der Waals surface area (Å²) < 4.78 is 0.837. The van der Waals surface area contributed by atoms with Crippen LogP contribution in [0, 0.1) is 0 Å². The Morgan fingerprint density at radius 2 is 1.88 bits per heavy atom. The maximum atomic E-state index is 12.0. The van der Waals surface area contributed by atoms with Crippen molar-refractivity contribution in [3.8, 4) is 0 Å². The molecule has 1 aromatic rings. The van der Waals surface area contributed by atoms with E-state index >= 15 is 0 Å². The van der Waals surface area contributed by atoms with E-state index in [0.717, 1.165) is 30.2 Å². The van der Waals surface area contributed by atoms with E-state index in [0.29, 0.717) is 5.56 Å². The molecule has 1 fully saturated rings. The summed E-state index contributed by atoms with van der Waals surface area (Å²) >= 11 is 9.43. The Kier molecular flexibility index (Phi) is 4.46. The number of hydrogen-bond donors (Lipinski definition) is 1. The highest BCUT2D eigenvalue weighted by atomic mass is 79.9. The monoisotopic (exact) mass is 315 g/mol. The Bertz CT molecular complexity index is 402. The molecule has 0 aliphatic heterocycles. The maximum Gasteiger partial charge on any atom is 0.252 e. The summed E-state index contributed by atoms with van der Waals surface area (Å²) in [6, 6.07) is 7.75. The zero-order chi connectivity index (χ0) is 12.3. The smallest absolute Gasteiger partial charge is 0.252 e. The standard InChI is InChI=1S/C13H15BrClNO/c14-12-4-2-1-3-11(12)13(17)16-10-7-5-9(15)6-8-10/h1-4,9-10H,5-8H2,(H,16,17). The lowest BCUT2D eigenvalue weighted by Gasteiger charge is -2.25. The number of nitrogens with one attached hydrogen (secondary N) is 1. The summed E-state index contributed by atoms with van der Waals surface area (Å²) in [4.78, 5) is 12.0. The van der Waals surface area contributed by atoms with Crippen LogP contribution in [0.4, 0.5) is 0 Å². The van der Waals surface area contributed by atoms with Gasteiger partial charge in [0.05, 0.1) is 5.56 Å². The van der Waals surface area contributed by atoms with Gasteiger partial charge in [0.15, 0.2) is 0 Å². The zero-order valence-corrected chi connectivity index (χ0v) is 11.8. The number of amides is 1. The molecule has 2 rings (SSSR count). The second kappa shape index (κ2) is 5.87. The Hall–Kier alpha value is -0.540. The van der Waals surface area contributed by atoms with Crippen LogP contribution in [0.15, 0.2) is 28.7 Å². The fourth-order valence-electron chi connectivity index (χ4n) is 2.11. The molecule has 0 spiro atoms. The molecular formula is C13H15BrClNO. The number of carbonyl (C=O) groups is 1. The summed E-state index contributed by atoms with van der Waals surface area (Å²) in [5.41, 5.74) is 0.695. The summed E-state index contributed by atoms with van der Waals surface area (Å²) in [6.45, 7) is 0. The van der Waals surface area contributed by atoms with Crippen LogP contribution >= 0.6 is 27.5 Å². The van der Waals surface area contributed by atoms with Gasteiger partial charge in [0.1, 0.15) is 0 Å². The van der Waals surface area contributed by atoms with Gasteiger partial charge >= 0.3 is 0 Å². The second-order valence-electron chi connectivity index (χ2n) is 4.40. The summed E-state index contributed by atoms with van der Waals surface area (Å²) in [5.74, 6) is -0.00417. The number of rotatable bonds is 2. The molecule has 0 saturated heterocycles. The van der Waals surface area contributed by atoms with Crippen LogP contribution in [0.25, 0.3) is 0 Å². The normalized spacial score (nSPS) is 24.4. The lowest BCUT2D eigenvalue weighted by molar-refractivity contribution is 0.0927. The third kappa shape index (κ3) is 3.46. The van der Waals surface area contributed by atoms with E-state index in [1.807, 2.05) is 24.3 Å². The number of hydrogen-bond acceptors (Lipinski definition) is 1. The van der Waals surface area contributed by atoms with Crippen molar-refractivity contribution in [2.45, 2.75) is 37.1 Å². The first-order valence-electron chi connectivity index (χ1n) is 5.86. The van der Waals surface area contributed by atoms with Gasteiger partial charge in [-0.25, -0.2) is 0 Å². The highest BCUT2D eigenvalue weighted by Gasteiger charge is 2.21. The van der Waals surface area contributed by atoms with Crippen LogP contribution in [-0.2, 0) is 0 Å². The Balaban J connectivity index is 1.96. The molecule has 0 bridgehead atoms. The lowest BCUT2D eigenvalue weighted by atomic mass is 9.95. The van der Waals surface area contributed by atoms with Crippen LogP contribution in [0.1, 0.15) is 36.0 Å². The summed E-state index contributed by atoms with van der Waals surface area (Å²) in [7, 11) is 0. The van der Waals surface area contributed by atoms with E-state index in [9.17, 15) is 4.79 Å². The van der Waals surface area contributed by atoms with Crippen molar-refractivity contribution < 1.29 is 4.79 Å². The second-order valence-corrected chi connectivity index (χ2v) is 5.87. The van der Waals surface area contributed by atoms with Gasteiger partial charge in [0.25, 0.3) is 5.91 Å². The van der Waals surface area contributed by atoms with Crippen LogP contribution < -0.4 is 5.32 Å². The van der Waals surface area contributed by atoms with E-state index in [4.69, 9.17) is 11.6 Å². The molecule has 0 unspecified atom stereocenters. The number of alkyl halides is 1. The Morgan fingerprint density at radius 1 is 1.24 bits per heavy atom. The first-order chi connectivity index (χ1) is 8.16. The first-order valence-corrected chi connectivity index (χ1v) is 7.09. The van der Waals surface area contributed by atoms with Crippen molar-refractivity contribution in [1.82, 2.24) is 5.32 Å². The molecule has 4 heteroatoms. The van der Waals surface area contributed by atoms with Crippen molar-refractivity contribution in [2.24, 2.45) is 0 Å². The van der Waals surface area contributed by atoms with Gasteiger partial charge < -0.3 is 5.32 Å². The SMILES string of the molecule is O=C(NC1CCC(Cl)CC1)c1ccccc1Br. The maximum absolute atomic E-state index is 12.0. The molecule has 0 radical (unpaired) electrons. The zero-order valence-electron chi connectivity index (χ0n) is 9.46. The van der Waals surface area contributed by atoms with E-state index in [1.54, 1.807) is 0 Å². The van der Waals surface area contributed by atoms with Gasteiger partial charge in [0.2, 0.25) is 0 Å². The predicted molar refractivity (Wildman–Crippen MR) is 73.5 cm³/mol. The van der Waals surface area contributed by atoms with Gasteiger partial charge in [-0.1, -0.05) is 12.1 Å². The molecule has 1 saturated carbocycles. The minimum Gasteiger partial charge on any atom is -0.349 e. The molecule has 1 aromatic carbocycles. The van der Waals surface area contributed by atoms with Crippen molar-refractivity contribution in [3.05, 3.63) is 34.3 Å². The van der Waals surface area contributed by atoms with E-state index in [2.05, 4.69) is 21.2 Å². The Labute approximate surface area is 115 Å². The fourth-order valence-corrected chi connectivity index (χ4v) is 2.82. The van der Waals surface area contributed by atoms with Crippen LogP contribution in [-0.4, -0.2) is 17.3 Å². The quantitative estimate of drug-likeness (QED) is 0.828. The summed E-state index contributed by atoms with van der Waals surface area (Å²) in [6.07, 6.45) is 3.93. The van der Waals surface area contributed by atoms with Gasteiger partial charge in [-0.2, -0.15) is 0 Å². The largest absolute Gasteiger partial charge is 0.349 e. The highest BCUT2D eigenvalue weighted by molar-refractivity contribution is 9.10. The van der Waals surface area contributed by atoms with E-state index < -0.39 is 0 Å². The number of halogens is 2. The molecule has 1 aliphatic rings. The molecule has 0 heterocycles. The Morgan fingerprint density at radius 3 is 2.53 bits per heavy atom. The van der Waals surface area contributed by atoms with Crippen molar-refractivity contribution in [3.63, 3.8) is 0 Å². The third-order valence-corrected chi connectivity index (χ3v) is 4.24. The van der Waals surface area contributed by atoms with Gasteiger partial charge in [-0.3, -0.25) is 4.79 Å². The van der Waals surface area contributed by atoms with E-state index in [1.165, 1.54) is 0 Å². The molecule has 1 aliphatic carbocycles. The molecule has 92 valence electrons. The first kappa shape index (κ1) is 12.9. The topological polar surface area (TPSA) is 29.1 Å². The van der Waals surface area contributed by atoms with Gasteiger partial charge in [-0.05, 0) is 53.7 Å². The number of benzene rings is 1. The summed E-state index contributed by atoms with van der Waals surface area (Å²) in [5, 5.41) is 3.35. The third-order valence-electron chi connectivity index (χ3n) is 3.11. The molecule has 1 amide bonds. The minimum atomic E-state index is -0.00417. The average molecular weight is 317 g/mol. The number of carbonyl (C=O) groups excluding carboxylic acids is 1.